The summed E-state index contributed by atoms with van der Waals surface area (Å²) in [7, 11) is -2.35. The Morgan fingerprint density at radius 1 is 1.07 bits per heavy atom. The fourth-order valence-electron chi connectivity index (χ4n) is 2.67. The van der Waals surface area contributed by atoms with Gasteiger partial charge in [0, 0.05) is 18.7 Å². The number of benzene rings is 2. The van der Waals surface area contributed by atoms with Crippen LogP contribution in [0.1, 0.15) is 28.4 Å². The van der Waals surface area contributed by atoms with Crippen LogP contribution >= 0.6 is 0 Å². The van der Waals surface area contributed by atoms with Crippen LogP contribution in [0.3, 0.4) is 0 Å². The predicted octanol–water partition coefficient (Wildman–Crippen LogP) is 1.68. The lowest BCUT2D eigenvalue weighted by Crippen LogP contribution is -2.40. The van der Waals surface area contributed by atoms with Crippen LogP contribution in [0.2, 0.25) is 0 Å². The number of carbonyl (C=O) groups is 2. The molecule has 0 fully saturated rings. The largest absolute Gasteiger partial charge is 0.343 e. The molecule has 0 saturated carbocycles. The van der Waals surface area contributed by atoms with Crippen molar-refractivity contribution in [3.8, 4) is 0 Å². The Balaban J connectivity index is 2.06. The minimum absolute atomic E-state index is 0.00339. The van der Waals surface area contributed by atoms with Crippen LogP contribution in [-0.4, -0.2) is 45.3 Å². The van der Waals surface area contributed by atoms with Gasteiger partial charge in [0.15, 0.2) is 0 Å². The molecular formula is C20H25N3O4S. The molecule has 8 heteroatoms. The molecule has 0 unspecified atom stereocenters. The second-order valence-electron chi connectivity index (χ2n) is 6.26. The number of rotatable bonds is 8. The SMILES string of the molecule is CCN(Cc1ccccc1)C(=O)CNC(=O)c1cc(S(=O)(=O)NC)ccc1C. The highest BCUT2D eigenvalue weighted by Gasteiger charge is 2.18. The molecule has 150 valence electrons. The number of hydrogen-bond donors (Lipinski definition) is 2. The summed E-state index contributed by atoms with van der Waals surface area (Å²) in [6.07, 6.45) is 0. The molecule has 0 atom stereocenters. The van der Waals surface area contributed by atoms with E-state index in [4.69, 9.17) is 0 Å². The molecule has 0 heterocycles. The second kappa shape index (κ2) is 9.48. The smallest absolute Gasteiger partial charge is 0.252 e. The third-order valence-electron chi connectivity index (χ3n) is 4.38. The molecule has 0 aromatic heterocycles. The lowest BCUT2D eigenvalue weighted by molar-refractivity contribution is -0.130. The van der Waals surface area contributed by atoms with Gasteiger partial charge in [0.25, 0.3) is 5.91 Å². The first kappa shape index (κ1) is 21.6. The second-order valence-corrected chi connectivity index (χ2v) is 8.15. The number of sulfonamides is 1. The summed E-state index contributed by atoms with van der Waals surface area (Å²) in [5.41, 5.74) is 1.84. The molecule has 0 aliphatic heterocycles. The average molecular weight is 404 g/mol. The molecule has 0 aliphatic carbocycles. The molecule has 2 amide bonds. The number of carbonyl (C=O) groups excluding carboxylic acids is 2. The number of likely N-dealkylation sites (N-methyl/N-ethyl adjacent to an activating group) is 1. The number of nitrogens with one attached hydrogen (secondary N) is 2. The first-order valence-electron chi connectivity index (χ1n) is 8.92. The molecule has 2 aromatic rings. The minimum Gasteiger partial charge on any atom is -0.343 e. The van der Waals surface area contributed by atoms with Gasteiger partial charge in [-0.25, -0.2) is 13.1 Å². The van der Waals surface area contributed by atoms with E-state index in [1.165, 1.54) is 19.2 Å². The highest BCUT2D eigenvalue weighted by molar-refractivity contribution is 7.89. The van der Waals surface area contributed by atoms with Crippen LogP contribution in [-0.2, 0) is 21.4 Å². The molecule has 0 aliphatic rings. The van der Waals surface area contributed by atoms with Gasteiger partial charge in [-0.05, 0) is 44.2 Å². The predicted molar refractivity (Wildman–Crippen MR) is 107 cm³/mol. The van der Waals surface area contributed by atoms with E-state index in [0.717, 1.165) is 5.56 Å². The molecule has 2 N–H and O–H groups in total. The summed E-state index contributed by atoms with van der Waals surface area (Å²) in [4.78, 5) is 26.6. The van der Waals surface area contributed by atoms with Crippen molar-refractivity contribution in [3.05, 3.63) is 65.2 Å². The van der Waals surface area contributed by atoms with E-state index < -0.39 is 15.9 Å². The Hall–Kier alpha value is -2.71. The fraction of sp³-hybridized carbons (Fsp3) is 0.300. The Morgan fingerprint density at radius 3 is 2.36 bits per heavy atom. The molecule has 28 heavy (non-hydrogen) atoms. The Labute approximate surface area is 165 Å². The zero-order chi connectivity index (χ0) is 20.7. The van der Waals surface area contributed by atoms with Crippen LogP contribution in [0.5, 0.6) is 0 Å². The van der Waals surface area contributed by atoms with E-state index in [-0.39, 0.29) is 22.9 Å². The molecule has 7 nitrogen and oxygen atoms in total. The van der Waals surface area contributed by atoms with Crippen molar-refractivity contribution in [2.24, 2.45) is 0 Å². The van der Waals surface area contributed by atoms with Gasteiger partial charge >= 0.3 is 0 Å². The van der Waals surface area contributed by atoms with Crippen molar-refractivity contribution in [2.75, 3.05) is 20.1 Å². The van der Waals surface area contributed by atoms with Gasteiger partial charge in [0.2, 0.25) is 15.9 Å². The minimum atomic E-state index is -3.66. The van der Waals surface area contributed by atoms with Gasteiger partial charge in [-0.15, -0.1) is 0 Å². The van der Waals surface area contributed by atoms with Crippen LogP contribution in [0.15, 0.2) is 53.4 Å². The van der Waals surface area contributed by atoms with E-state index in [1.807, 2.05) is 37.3 Å². The average Bonchev–Trinajstić information content (AvgIpc) is 2.70. The highest BCUT2D eigenvalue weighted by atomic mass is 32.2. The first-order chi connectivity index (χ1) is 13.3. The molecular weight excluding hydrogens is 378 g/mol. The maximum absolute atomic E-state index is 12.5. The van der Waals surface area contributed by atoms with Gasteiger partial charge in [-0.2, -0.15) is 0 Å². The molecule has 0 spiro atoms. The van der Waals surface area contributed by atoms with Crippen molar-refractivity contribution in [2.45, 2.75) is 25.3 Å². The maximum atomic E-state index is 12.5. The van der Waals surface area contributed by atoms with Crippen molar-refractivity contribution in [1.82, 2.24) is 14.9 Å². The number of hydrogen-bond acceptors (Lipinski definition) is 4. The number of amides is 2. The zero-order valence-corrected chi connectivity index (χ0v) is 17.0. The van der Waals surface area contributed by atoms with Crippen molar-refractivity contribution < 1.29 is 18.0 Å². The summed E-state index contributed by atoms with van der Waals surface area (Å²) >= 11 is 0. The Bertz CT molecular complexity index is 943. The molecule has 2 rings (SSSR count). The summed E-state index contributed by atoms with van der Waals surface area (Å²) in [5.74, 6) is -0.703. The molecule has 0 saturated heterocycles. The van der Waals surface area contributed by atoms with E-state index in [9.17, 15) is 18.0 Å². The van der Waals surface area contributed by atoms with Crippen molar-refractivity contribution >= 4 is 21.8 Å². The van der Waals surface area contributed by atoms with Crippen LogP contribution in [0.25, 0.3) is 0 Å². The zero-order valence-electron chi connectivity index (χ0n) is 16.2. The molecule has 2 aromatic carbocycles. The van der Waals surface area contributed by atoms with Crippen LogP contribution < -0.4 is 10.0 Å². The van der Waals surface area contributed by atoms with Crippen molar-refractivity contribution in [1.29, 1.82) is 0 Å². The number of nitrogens with zero attached hydrogens (tertiary/aromatic N) is 1. The van der Waals surface area contributed by atoms with E-state index in [2.05, 4.69) is 10.0 Å². The van der Waals surface area contributed by atoms with Gasteiger partial charge in [0.05, 0.1) is 11.4 Å². The first-order valence-corrected chi connectivity index (χ1v) is 10.4. The van der Waals surface area contributed by atoms with Gasteiger partial charge in [-0.3, -0.25) is 9.59 Å². The lowest BCUT2D eigenvalue weighted by atomic mass is 10.1. The third kappa shape index (κ3) is 5.40. The topological polar surface area (TPSA) is 95.6 Å². The van der Waals surface area contributed by atoms with Gasteiger partial charge in [0.1, 0.15) is 0 Å². The van der Waals surface area contributed by atoms with Crippen LogP contribution in [0, 0.1) is 6.92 Å². The standard InChI is InChI=1S/C20H25N3O4S/c1-4-23(14-16-8-6-5-7-9-16)19(24)13-22-20(25)18-12-17(11-10-15(18)2)28(26,27)21-3/h5-12,21H,4,13-14H2,1-3H3,(H,22,25). The van der Waals surface area contributed by atoms with E-state index in [1.54, 1.807) is 17.9 Å². The summed E-state index contributed by atoms with van der Waals surface area (Å²) in [6.45, 7) is 4.39. The van der Waals surface area contributed by atoms with Crippen molar-refractivity contribution in [3.63, 3.8) is 0 Å². The maximum Gasteiger partial charge on any atom is 0.252 e. The third-order valence-corrected chi connectivity index (χ3v) is 5.80. The summed E-state index contributed by atoms with van der Waals surface area (Å²) < 4.78 is 26.1. The lowest BCUT2D eigenvalue weighted by Gasteiger charge is -2.21. The Morgan fingerprint density at radius 2 is 1.75 bits per heavy atom. The van der Waals surface area contributed by atoms with Gasteiger partial charge < -0.3 is 10.2 Å². The highest BCUT2D eigenvalue weighted by Crippen LogP contribution is 2.15. The fourth-order valence-corrected chi connectivity index (χ4v) is 3.43. The van der Waals surface area contributed by atoms with Gasteiger partial charge in [-0.1, -0.05) is 36.4 Å². The monoisotopic (exact) mass is 403 g/mol. The Kier molecular flexibility index (Phi) is 7.31. The normalized spacial score (nSPS) is 11.1. The summed E-state index contributed by atoms with van der Waals surface area (Å²) in [5, 5.41) is 2.59. The van der Waals surface area contributed by atoms with E-state index in [0.29, 0.717) is 18.7 Å². The van der Waals surface area contributed by atoms with E-state index >= 15 is 0 Å². The molecule has 0 bridgehead atoms. The quantitative estimate of drug-likeness (QED) is 0.701. The molecule has 0 radical (unpaired) electrons. The summed E-state index contributed by atoms with van der Waals surface area (Å²) in [6, 6.07) is 13.9. The number of aryl methyl sites for hydroxylation is 1. The van der Waals surface area contributed by atoms with Crippen LogP contribution in [0.4, 0.5) is 0 Å².